The van der Waals surface area contributed by atoms with Crippen LogP contribution in [0.4, 0.5) is 0 Å². The van der Waals surface area contributed by atoms with Crippen LogP contribution in [0, 0.1) is 22.7 Å². The number of allylic oxidation sites excluding steroid dienone is 5. The summed E-state index contributed by atoms with van der Waals surface area (Å²) in [5.74, 6) is 0. The average Bonchev–Trinajstić information content (AvgIpc) is 3.25. The molecule has 35 heavy (non-hydrogen) atoms. The summed E-state index contributed by atoms with van der Waals surface area (Å²) >= 11 is 0. The van der Waals surface area contributed by atoms with E-state index in [9.17, 15) is 10.5 Å². The van der Waals surface area contributed by atoms with E-state index in [4.69, 9.17) is 0 Å². The molecule has 5 rings (SSSR count). The minimum atomic E-state index is 0.562. The highest BCUT2D eigenvalue weighted by atomic mass is 15.0. The van der Waals surface area contributed by atoms with Crippen LogP contribution in [0.5, 0.6) is 0 Å². The molecule has 3 heteroatoms. The van der Waals surface area contributed by atoms with E-state index in [1.165, 1.54) is 22.2 Å². The summed E-state index contributed by atoms with van der Waals surface area (Å²) in [7, 11) is 0. The van der Waals surface area contributed by atoms with Crippen LogP contribution in [0.1, 0.15) is 41.3 Å². The van der Waals surface area contributed by atoms with Crippen molar-refractivity contribution in [2.75, 3.05) is 0 Å². The number of aromatic nitrogens is 1. The molecule has 4 aromatic rings. The van der Waals surface area contributed by atoms with Crippen LogP contribution in [-0.4, -0.2) is 4.57 Å². The van der Waals surface area contributed by atoms with Gasteiger partial charge in [-0.3, -0.25) is 0 Å². The van der Waals surface area contributed by atoms with Gasteiger partial charge in [0.1, 0.15) is 6.07 Å². The molecule has 0 spiro atoms. The van der Waals surface area contributed by atoms with Crippen LogP contribution in [0.3, 0.4) is 0 Å². The van der Waals surface area contributed by atoms with Crippen molar-refractivity contribution in [1.29, 1.82) is 10.5 Å². The maximum Gasteiger partial charge on any atom is 0.100 e. The fourth-order valence-corrected chi connectivity index (χ4v) is 4.99. The van der Waals surface area contributed by atoms with Crippen LogP contribution < -0.4 is 0 Å². The second-order valence-corrected chi connectivity index (χ2v) is 8.69. The molecule has 1 aromatic heterocycles. The van der Waals surface area contributed by atoms with E-state index in [1.807, 2.05) is 61.5 Å². The maximum atomic E-state index is 10.3. The molecular weight excluding hydrogens is 426 g/mol. The Labute approximate surface area is 206 Å². The van der Waals surface area contributed by atoms with Gasteiger partial charge >= 0.3 is 0 Å². The Morgan fingerprint density at radius 1 is 0.943 bits per heavy atom. The zero-order valence-electron chi connectivity index (χ0n) is 19.7. The number of nitriles is 2. The molecule has 3 aromatic carbocycles. The molecule has 0 saturated carbocycles. The van der Waals surface area contributed by atoms with E-state index in [1.54, 1.807) is 0 Å². The number of aryl methyl sites for hydroxylation is 1. The number of para-hydroxylation sites is 1. The second kappa shape index (κ2) is 9.72. The highest BCUT2D eigenvalue weighted by Gasteiger charge is 2.19. The van der Waals surface area contributed by atoms with Gasteiger partial charge in [0.25, 0.3) is 0 Å². The molecule has 168 valence electrons. The minimum absolute atomic E-state index is 0.562. The van der Waals surface area contributed by atoms with Crippen molar-refractivity contribution in [2.45, 2.75) is 26.3 Å². The molecule has 3 nitrogen and oxygen atoms in total. The van der Waals surface area contributed by atoms with Gasteiger partial charge in [0, 0.05) is 28.7 Å². The topological polar surface area (TPSA) is 52.5 Å². The molecule has 0 N–H and O–H groups in total. The van der Waals surface area contributed by atoms with Crippen LogP contribution in [0.25, 0.3) is 28.1 Å². The zero-order valence-corrected chi connectivity index (χ0v) is 19.7. The fourth-order valence-electron chi connectivity index (χ4n) is 4.99. The van der Waals surface area contributed by atoms with Crippen LogP contribution >= 0.6 is 0 Å². The molecule has 0 aliphatic heterocycles. The van der Waals surface area contributed by atoms with Crippen LogP contribution in [-0.2, 0) is 13.0 Å². The summed E-state index contributed by atoms with van der Waals surface area (Å²) in [5.41, 5.74) is 8.40. The molecule has 1 aliphatic carbocycles. The third kappa shape index (κ3) is 4.10. The Kier molecular flexibility index (Phi) is 6.16. The van der Waals surface area contributed by atoms with Gasteiger partial charge in [-0.25, -0.2) is 0 Å². The quantitative estimate of drug-likeness (QED) is 0.232. The van der Waals surface area contributed by atoms with E-state index >= 15 is 0 Å². The van der Waals surface area contributed by atoms with Crippen molar-refractivity contribution in [3.8, 4) is 12.1 Å². The summed E-state index contributed by atoms with van der Waals surface area (Å²) in [5, 5.41) is 21.5. The number of hydrogen-bond donors (Lipinski definition) is 0. The number of fused-ring (bicyclic) bond motifs is 3. The fraction of sp³-hybridized carbons (Fsp3) is 0.125. The Morgan fingerprint density at radius 2 is 1.69 bits per heavy atom. The molecule has 0 atom stereocenters. The summed E-state index contributed by atoms with van der Waals surface area (Å²) in [4.78, 5) is 0. The zero-order chi connectivity index (χ0) is 24.2. The number of rotatable bonds is 5. The molecule has 1 aliphatic rings. The van der Waals surface area contributed by atoms with Gasteiger partial charge in [-0.1, -0.05) is 78.9 Å². The maximum absolute atomic E-state index is 10.3. The Morgan fingerprint density at radius 3 is 2.49 bits per heavy atom. The summed E-state index contributed by atoms with van der Waals surface area (Å²) in [6, 6.07) is 30.8. The summed E-state index contributed by atoms with van der Waals surface area (Å²) in [6.07, 6.45) is 8.63. The molecule has 1 heterocycles. The molecule has 0 fully saturated rings. The standard InChI is InChI=1S/C32H25N3/c1-23(24-11-3-2-4-12-24)30(22-34)27(26-14-6-5-13-25(26)21-33)19-20-35-31-17-9-7-15-28(31)29-16-8-10-18-32(29)35/h2-7,9-15,17-19H,8,16,20H2,1H3/b27-19-,30-23+. The average molecular weight is 452 g/mol. The Bertz CT molecular complexity index is 1580. The van der Waals surface area contributed by atoms with E-state index < -0.39 is 0 Å². The van der Waals surface area contributed by atoms with E-state index in [2.05, 4.69) is 59.2 Å². The monoisotopic (exact) mass is 451 g/mol. The number of nitrogens with zero attached hydrogens (tertiary/aromatic N) is 3. The Balaban J connectivity index is 1.72. The summed E-state index contributed by atoms with van der Waals surface area (Å²) < 4.78 is 2.32. The van der Waals surface area contributed by atoms with Crippen molar-refractivity contribution in [3.05, 3.63) is 125 Å². The number of benzene rings is 3. The van der Waals surface area contributed by atoms with Gasteiger partial charge in [-0.15, -0.1) is 0 Å². The van der Waals surface area contributed by atoms with Gasteiger partial charge in [-0.2, -0.15) is 10.5 Å². The van der Waals surface area contributed by atoms with Crippen molar-refractivity contribution >= 4 is 28.1 Å². The first-order valence-corrected chi connectivity index (χ1v) is 11.9. The van der Waals surface area contributed by atoms with Gasteiger partial charge in [-0.05, 0) is 60.2 Å². The lowest BCUT2D eigenvalue weighted by atomic mass is 9.89. The smallest absolute Gasteiger partial charge is 0.100 e. The SMILES string of the molecule is C/C(=C(C#N)\C(=C/Cn1c2c(c3ccccc31)CCC=C2)c1ccccc1C#N)c1ccccc1. The van der Waals surface area contributed by atoms with Crippen molar-refractivity contribution in [2.24, 2.45) is 0 Å². The van der Waals surface area contributed by atoms with E-state index in [0.29, 0.717) is 17.7 Å². The first-order valence-electron chi connectivity index (χ1n) is 11.9. The minimum Gasteiger partial charge on any atom is -0.337 e. The predicted molar refractivity (Wildman–Crippen MR) is 143 cm³/mol. The molecule has 0 radical (unpaired) electrons. The normalized spacial score (nSPS) is 13.6. The van der Waals surface area contributed by atoms with Crippen LogP contribution in [0.15, 0.2) is 96.6 Å². The van der Waals surface area contributed by atoms with E-state index in [0.717, 1.165) is 35.1 Å². The highest BCUT2D eigenvalue weighted by molar-refractivity contribution is 5.94. The molecule has 0 amide bonds. The lowest BCUT2D eigenvalue weighted by molar-refractivity contribution is 0.834. The van der Waals surface area contributed by atoms with Gasteiger partial charge < -0.3 is 4.57 Å². The second-order valence-electron chi connectivity index (χ2n) is 8.69. The number of hydrogen-bond acceptors (Lipinski definition) is 2. The third-order valence-electron chi connectivity index (χ3n) is 6.74. The van der Waals surface area contributed by atoms with Gasteiger partial charge in [0.15, 0.2) is 0 Å². The highest BCUT2D eigenvalue weighted by Crippen LogP contribution is 2.34. The van der Waals surface area contributed by atoms with Gasteiger partial charge in [0.05, 0.1) is 17.2 Å². The van der Waals surface area contributed by atoms with Crippen molar-refractivity contribution in [1.82, 2.24) is 4.57 Å². The third-order valence-corrected chi connectivity index (χ3v) is 6.74. The lowest BCUT2D eigenvalue weighted by Crippen LogP contribution is -2.03. The predicted octanol–water partition coefficient (Wildman–Crippen LogP) is 7.55. The first-order chi connectivity index (χ1) is 17.2. The molecular formula is C32H25N3. The largest absolute Gasteiger partial charge is 0.337 e. The van der Waals surface area contributed by atoms with Crippen molar-refractivity contribution in [3.63, 3.8) is 0 Å². The summed E-state index contributed by atoms with van der Waals surface area (Å²) in [6.45, 7) is 2.58. The van der Waals surface area contributed by atoms with Crippen molar-refractivity contribution < 1.29 is 0 Å². The molecule has 0 saturated heterocycles. The molecule has 0 bridgehead atoms. The van der Waals surface area contributed by atoms with E-state index in [-0.39, 0.29) is 0 Å². The Hall–Kier alpha value is -4.60. The molecule has 0 unspecified atom stereocenters. The first kappa shape index (κ1) is 22.2. The van der Waals surface area contributed by atoms with Gasteiger partial charge in [0.2, 0.25) is 0 Å². The lowest BCUT2D eigenvalue weighted by Gasteiger charge is -2.15. The van der Waals surface area contributed by atoms with Crippen LogP contribution in [0.2, 0.25) is 0 Å².